The van der Waals surface area contributed by atoms with Crippen LogP contribution < -0.4 is 10.1 Å². The minimum atomic E-state index is 0.662. The molecule has 0 saturated heterocycles. The molecule has 2 rings (SSSR count). The van der Waals surface area contributed by atoms with E-state index in [-0.39, 0.29) is 0 Å². The number of ether oxygens (including phenoxy) is 1. The van der Waals surface area contributed by atoms with Crippen molar-refractivity contribution in [3.8, 4) is 5.75 Å². The summed E-state index contributed by atoms with van der Waals surface area (Å²) in [5, 5.41) is 3.39. The summed E-state index contributed by atoms with van der Waals surface area (Å²) in [6.07, 6.45) is 5.63. The zero-order chi connectivity index (χ0) is 14.2. The van der Waals surface area contributed by atoms with Crippen LogP contribution in [0.2, 0.25) is 0 Å². The molecule has 0 aliphatic rings. The molecular weight excluding hydrogens is 270 g/mol. The zero-order valence-corrected chi connectivity index (χ0v) is 12.9. The Hall–Kier alpha value is -1.46. The number of thiazole rings is 1. The first kappa shape index (κ1) is 14.9. The van der Waals surface area contributed by atoms with E-state index in [2.05, 4.69) is 22.2 Å². The average Bonchev–Trinajstić information content (AvgIpc) is 2.86. The third-order valence-electron chi connectivity index (χ3n) is 3.04. The Morgan fingerprint density at radius 2 is 2.30 bits per heavy atom. The monoisotopic (exact) mass is 291 g/mol. The standard InChI is InChI=1S/C15H21N3OS/c1-3-6-16-9-13-4-7-17-10-14(13)19-8-5-15-12(2)18-11-20-15/h4,7,10-11,16H,3,5-6,8-9H2,1-2H3. The lowest BCUT2D eigenvalue weighted by atomic mass is 10.2. The quantitative estimate of drug-likeness (QED) is 0.760. The van der Waals surface area contributed by atoms with Crippen molar-refractivity contribution in [2.75, 3.05) is 13.2 Å². The maximum absolute atomic E-state index is 5.87. The highest BCUT2D eigenvalue weighted by atomic mass is 32.1. The van der Waals surface area contributed by atoms with Crippen LogP contribution in [0, 0.1) is 6.92 Å². The molecule has 0 atom stereocenters. The van der Waals surface area contributed by atoms with E-state index >= 15 is 0 Å². The molecule has 2 heterocycles. The molecule has 0 amide bonds. The summed E-state index contributed by atoms with van der Waals surface area (Å²) in [6.45, 7) is 6.70. The molecule has 0 aliphatic carbocycles. The van der Waals surface area contributed by atoms with Crippen molar-refractivity contribution in [2.45, 2.75) is 33.2 Å². The second kappa shape index (κ2) is 7.97. The van der Waals surface area contributed by atoms with Crippen molar-refractivity contribution in [1.29, 1.82) is 0 Å². The highest BCUT2D eigenvalue weighted by molar-refractivity contribution is 7.09. The molecule has 2 aromatic rings. The van der Waals surface area contributed by atoms with E-state index in [0.29, 0.717) is 6.61 Å². The van der Waals surface area contributed by atoms with E-state index < -0.39 is 0 Å². The first-order valence-corrected chi connectivity index (χ1v) is 7.84. The van der Waals surface area contributed by atoms with Gasteiger partial charge in [-0.2, -0.15) is 0 Å². The van der Waals surface area contributed by atoms with Gasteiger partial charge in [0, 0.05) is 29.6 Å². The van der Waals surface area contributed by atoms with Crippen molar-refractivity contribution < 1.29 is 4.74 Å². The summed E-state index contributed by atoms with van der Waals surface area (Å²) in [6, 6.07) is 2.01. The van der Waals surface area contributed by atoms with Crippen molar-refractivity contribution in [3.05, 3.63) is 40.1 Å². The predicted molar refractivity (Wildman–Crippen MR) is 82.3 cm³/mol. The van der Waals surface area contributed by atoms with Gasteiger partial charge in [-0.05, 0) is 26.0 Å². The summed E-state index contributed by atoms with van der Waals surface area (Å²) in [5.41, 5.74) is 4.15. The largest absolute Gasteiger partial charge is 0.491 e. The van der Waals surface area contributed by atoms with Gasteiger partial charge in [-0.3, -0.25) is 4.98 Å². The van der Waals surface area contributed by atoms with Crippen LogP contribution in [0.25, 0.3) is 0 Å². The number of rotatable bonds is 8. The molecule has 5 heteroatoms. The number of nitrogens with zero attached hydrogens (tertiary/aromatic N) is 2. The molecule has 108 valence electrons. The average molecular weight is 291 g/mol. The van der Waals surface area contributed by atoms with Crippen LogP contribution in [0.5, 0.6) is 5.75 Å². The molecule has 20 heavy (non-hydrogen) atoms. The second-order valence-corrected chi connectivity index (χ2v) is 5.56. The van der Waals surface area contributed by atoms with Crippen LogP contribution in [0.3, 0.4) is 0 Å². The molecule has 0 aromatic carbocycles. The van der Waals surface area contributed by atoms with Gasteiger partial charge in [0.05, 0.1) is 24.0 Å². The van der Waals surface area contributed by atoms with Crippen LogP contribution in [-0.4, -0.2) is 23.1 Å². The molecule has 0 radical (unpaired) electrons. The van der Waals surface area contributed by atoms with Gasteiger partial charge in [-0.15, -0.1) is 11.3 Å². The van der Waals surface area contributed by atoms with E-state index in [9.17, 15) is 0 Å². The lowest BCUT2D eigenvalue weighted by molar-refractivity contribution is 0.317. The summed E-state index contributed by atoms with van der Waals surface area (Å²) >= 11 is 1.69. The topological polar surface area (TPSA) is 47.0 Å². The van der Waals surface area contributed by atoms with Gasteiger partial charge in [0.25, 0.3) is 0 Å². The normalized spacial score (nSPS) is 10.7. The lowest BCUT2D eigenvalue weighted by Gasteiger charge is -2.11. The highest BCUT2D eigenvalue weighted by Gasteiger charge is 2.05. The van der Waals surface area contributed by atoms with Gasteiger partial charge in [-0.1, -0.05) is 6.92 Å². The van der Waals surface area contributed by atoms with E-state index in [1.54, 1.807) is 17.5 Å². The molecule has 4 nitrogen and oxygen atoms in total. The van der Waals surface area contributed by atoms with Crippen LogP contribution in [0.1, 0.15) is 29.5 Å². The van der Waals surface area contributed by atoms with Crippen LogP contribution >= 0.6 is 11.3 Å². The molecule has 1 N–H and O–H groups in total. The Morgan fingerprint density at radius 1 is 1.40 bits per heavy atom. The maximum atomic E-state index is 5.87. The van der Waals surface area contributed by atoms with Gasteiger partial charge in [0.15, 0.2) is 0 Å². The number of pyridine rings is 1. The van der Waals surface area contributed by atoms with Crippen molar-refractivity contribution in [2.24, 2.45) is 0 Å². The SMILES string of the molecule is CCCNCc1ccncc1OCCc1scnc1C. The lowest BCUT2D eigenvalue weighted by Crippen LogP contribution is -2.15. The minimum absolute atomic E-state index is 0.662. The van der Waals surface area contributed by atoms with Gasteiger partial charge in [0.2, 0.25) is 0 Å². The van der Waals surface area contributed by atoms with E-state index in [1.807, 2.05) is 24.7 Å². The molecule has 0 saturated carbocycles. The first-order chi connectivity index (χ1) is 9.81. The maximum Gasteiger partial charge on any atom is 0.142 e. The number of hydrogen-bond acceptors (Lipinski definition) is 5. The van der Waals surface area contributed by atoms with E-state index in [1.165, 1.54) is 4.88 Å². The molecular formula is C15H21N3OS. The Morgan fingerprint density at radius 3 is 3.05 bits per heavy atom. The number of nitrogens with one attached hydrogen (secondary N) is 1. The predicted octanol–water partition coefficient (Wildman–Crippen LogP) is 2.97. The Kier molecular flexibility index (Phi) is 5.95. The summed E-state index contributed by atoms with van der Waals surface area (Å²) in [4.78, 5) is 9.69. The van der Waals surface area contributed by atoms with Gasteiger partial charge in [0.1, 0.15) is 5.75 Å². The Balaban J connectivity index is 1.87. The fourth-order valence-corrected chi connectivity index (χ4v) is 2.67. The van der Waals surface area contributed by atoms with Gasteiger partial charge < -0.3 is 10.1 Å². The molecule has 0 aliphatic heterocycles. The van der Waals surface area contributed by atoms with Crippen molar-refractivity contribution in [1.82, 2.24) is 15.3 Å². The molecule has 0 spiro atoms. The van der Waals surface area contributed by atoms with Crippen molar-refractivity contribution >= 4 is 11.3 Å². The second-order valence-electron chi connectivity index (χ2n) is 4.62. The van der Waals surface area contributed by atoms with Crippen LogP contribution in [0.4, 0.5) is 0 Å². The zero-order valence-electron chi connectivity index (χ0n) is 12.1. The van der Waals surface area contributed by atoms with Gasteiger partial charge >= 0.3 is 0 Å². The molecule has 0 bridgehead atoms. The molecule has 2 aromatic heterocycles. The minimum Gasteiger partial charge on any atom is -0.491 e. The number of aryl methyl sites for hydroxylation is 1. The summed E-state index contributed by atoms with van der Waals surface area (Å²) in [5.74, 6) is 0.873. The number of aromatic nitrogens is 2. The molecule has 0 unspecified atom stereocenters. The fraction of sp³-hybridized carbons (Fsp3) is 0.467. The van der Waals surface area contributed by atoms with Crippen LogP contribution in [-0.2, 0) is 13.0 Å². The number of hydrogen-bond donors (Lipinski definition) is 1. The van der Waals surface area contributed by atoms with E-state index in [0.717, 1.165) is 42.9 Å². The van der Waals surface area contributed by atoms with Crippen molar-refractivity contribution in [3.63, 3.8) is 0 Å². The summed E-state index contributed by atoms with van der Waals surface area (Å²) in [7, 11) is 0. The highest BCUT2D eigenvalue weighted by Crippen LogP contribution is 2.18. The van der Waals surface area contributed by atoms with E-state index in [4.69, 9.17) is 4.74 Å². The van der Waals surface area contributed by atoms with Gasteiger partial charge in [-0.25, -0.2) is 4.98 Å². The fourth-order valence-electron chi connectivity index (χ4n) is 1.90. The Labute approximate surface area is 124 Å². The summed E-state index contributed by atoms with van der Waals surface area (Å²) < 4.78 is 5.87. The third kappa shape index (κ3) is 4.28. The Bertz CT molecular complexity index is 527. The van der Waals surface area contributed by atoms with Crippen LogP contribution in [0.15, 0.2) is 24.0 Å². The smallest absolute Gasteiger partial charge is 0.142 e. The first-order valence-electron chi connectivity index (χ1n) is 6.96. The third-order valence-corrected chi connectivity index (χ3v) is 4.04. The molecule has 0 fully saturated rings.